The number of carbonyl (C=O) groups is 1. The van der Waals surface area contributed by atoms with Gasteiger partial charge in [-0.2, -0.15) is 0 Å². The van der Waals surface area contributed by atoms with E-state index in [0.717, 1.165) is 48.7 Å². The Balaban J connectivity index is 1.51. The van der Waals surface area contributed by atoms with Crippen LogP contribution in [0.1, 0.15) is 37.7 Å². The number of fused-ring (bicyclic) bond motifs is 1. The first kappa shape index (κ1) is 16.7. The third-order valence-corrected chi connectivity index (χ3v) is 4.75. The summed E-state index contributed by atoms with van der Waals surface area (Å²) in [7, 11) is 0. The first-order chi connectivity index (χ1) is 12.7. The van der Waals surface area contributed by atoms with Crippen molar-refractivity contribution in [1.29, 1.82) is 0 Å². The van der Waals surface area contributed by atoms with Crippen LogP contribution in [-0.4, -0.2) is 39.1 Å². The SMILES string of the molecule is O=C1NC(=N[C@@H]2CCC[C@@H](O)CC2)N/C1=C\c1ccc2nccnc2c1. The van der Waals surface area contributed by atoms with Crippen LogP contribution >= 0.6 is 0 Å². The highest BCUT2D eigenvalue weighted by molar-refractivity contribution is 6.15. The minimum absolute atomic E-state index is 0.130. The van der Waals surface area contributed by atoms with Gasteiger partial charge >= 0.3 is 0 Å². The average Bonchev–Trinajstić information content (AvgIpc) is 2.84. The Morgan fingerprint density at radius 2 is 1.92 bits per heavy atom. The van der Waals surface area contributed by atoms with Gasteiger partial charge in [-0.1, -0.05) is 6.07 Å². The molecule has 3 N–H and O–H groups in total. The molecule has 0 unspecified atom stereocenters. The monoisotopic (exact) mass is 351 g/mol. The molecular weight excluding hydrogens is 330 g/mol. The van der Waals surface area contributed by atoms with Gasteiger partial charge in [-0.25, -0.2) is 4.99 Å². The van der Waals surface area contributed by atoms with E-state index in [9.17, 15) is 9.90 Å². The highest BCUT2D eigenvalue weighted by Crippen LogP contribution is 2.21. The molecule has 2 atom stereocenters. The van der Waals surface area contributed by atoms with E-state index in [2.05, 4.69) is 25.6 Å². The predicted molar refractivity (Wildman–Crippen MR) is 99.1 cm³/mol. The highest BCUT2D eigenvalue weighted by Gasteiger charge is 2.24. The van der Waals surface area contributed by atoms with E-state index in [1.54, 1.807) is 18.5 Å². The summed E-state index contributed by atoms with van der Waals surface area (Å²) < 4.78 is 0. The van der Waals surface area contributed by atoms with Gasteiger partial charge in [0.25, 0.3) is 5.91 Å². The molecule has 1 amide bonds. The van der Waals surface area contributed by atoms with Gasteiger partial charge in [-0.3, -0.25) is 20.1 Å². The third-order valence-electron chi connectivity index (χ3n) is 4.75. The number of nitrogens with one attached hydrogen (secondary N) is 2. The van der Waals surface area contributed by atoms with Crippen molar-refractivity contribution in [1.82, 2.24) is 20.6 Å². The van der Waals surface area contributed by atoms with E-state index in [0.29, 0.717) is 11.7 Å². The molecular formula is C19H21N5O2. The third kappa shape index (κ3) is 3.72. The minimum atomic E-state index is -0.224. The van der Waals surface area contributed by atoms with Crippen LogP contribution in [0.3, 0.4) is 0 Å². The normalized spacial score (nSPS) is 26.7. The highest BCUT2D eigenvalue weighted by atomic mass is 16.3. The number of hydrogen-bond acceptors (Lipinski definition) is 5. The second-order valence-electron chi connectivity index (χ2n) is 6.74. The van der Waals surface area contributed by atoms with E-state index in [1.807, 2.05) is 18.2 Å². The number of aliphatic hydroxyl groups excluding tert-OH is 1. The number of guanidine groups is 1. The lowest BCUT2D eigenvalue weighted by Gasteiger charge is -2.09. The van der Waals surface area contributed by atoms with Crippen LogP contribution in [0, 0.1) is 0 Å². The summed E-state index contributed by atoms with van der Waals surface area (Å²) in [6.45, 7) is 0. The summed E-state index contributed by atoms with van der Waals surface area (Å²) in [6, 6.07) is 5.81. The molecule has 1 saturated heterocycles. The van der Waals surface area contributed by atoms with Crippen LogP contribution in [0.5, 0.6) is 0 Å². The molecule has 134 valence electrons. The van der Waals surface area contributed by atoms with Gasteiger partial charge in [0.15, 0.2) is 0 Å². The van der Waals surface area contributed by atoms with E-state index in [1.165, 1.54) is 0 Å². The Morgan fingerprint density at radius 3 is 2.81 bits per heavy atom. The minimum Gasteiger partial charge on any atom is -0.393 e. The summed E-state index contributed by atoms with van der Waals surface area (Å²) in [5, 5.41) is 15.6. The molecule has 1 aromatic heterocycles. The summed E-state index contributed by atoms with van der Waals surface area (Å²) in [4.78, 5) is 25.4. The second-order valence-corrected chi connectivity index (χ2v) is 6.74. The van der Waals surface area contributed by atoms with Gasteiger partial charge in [-0.05, 0) is 55.9 Å². The van der Waals surface area contributed by atoms with Crippen molar-refractivity contribution in [2.24, 2.45) is 4.99 Å². The van der Waals surface area contributed by atoms with Gasteiger partial charge < -0.3 is 10.4 Å². The standard InChI is InChI=1S/C19H21N5O2/c25-14-3-1-2-13(5-6-14)22-19-23-17(18(26)24-19)11-12-4-7-15-16(10-12)21-9-8-20-15/h4,7-11,13-14,25H,1-3,5-6H2,(H2,22,23,24,26)/b17-11-/t13-,14-/m1/s1. The Labute approximate surface area is 151 Å². The molecule has 2 heterocycles. The molecule has 0 spiro atoms. The Morgan fingerprint density at radius 1 is 1.08 bits per heavy atom. The van der Waals surface area contributed by atoms with Crippen molar-refractivity contribution in [3.63, 3.8) is 0 Å². The topological polar surface area (TPSA) is 99.5 Å². The molecule has 1 saturated carbocycles. The number of aliphatic imine (C=N–C) groups is 1. The molecule has 2 aromatic rings. The zero-order valence-corrected chi connectivity index (χ0v) is 14.4. The summed E-state index contributed by atoms with van der Waals surface area (Å²) in [5.74, 6) is 0.292. The van der Waals surface area contributed by atoms with Crippen LogP contribution in [-0.2, 0) is 4.79 Å². The largest absolute Gasteiger partial charge is 0.393 e. The smallest absolute Gasteiger partial charge is 0.274 e. The molecule has 0 radical (unpaired) electrons. The lowest BCUT2D eigenvalue weighted by Crippen LogP contribution is -2.27. The van der Waals surface area contributed by atoms with E-state index in [-0.39, 0.29) is 18.1 Å². The van der Waals surface area contributed by atoms with Crippen LogP contribution in [0.4, 0.5) is 0 Å². The van der Waals surface area contributed by atoms with Crippen LogP contribution in [0.15, 0.2) is 41.3 Å². The Bertz CT molecular complexity index is 892. The van der Waals surface area contributed by atoms with Crippen LogP contribution in [0.25, 0.3) is 17.1 Å². The van der Waals surface area contributed by atoms with Crippen molar-refractivity contribution in [2.45, 2.75) is 44.2 Å². The maximum atomic E-state index is 12.2. The Hall–Kier alpha value is -2.80. The number of benzene rings is 1. The quantitative estimate of drug-likeness (QED) is 0.565. The van der Waals surface area contributed by atoms with Crippen molar-refractivity contribution in [3.8, 4) is 0 Å². The fourth-order valence-corrected chi connectivity index (χ4v) is 3.37. The molecule has 7 heteroatoms. The van der Waals surface area contributed by atoms with Gasteiger partial charge in [0.2, 0.25) is 5.96 Å². The zero-order chi connectivity index (χ0) is 17.9. The predicted octanol–water partition coefficient (Wildman–Crippen LogP) is 1.74. The molecule has 1 aliphatic carbocycles. The number of rotatable bonds is 2. The molecule has 4 rings (SSSR count). The summed E-state index contributed by atoms with van der Waals surface area (Å²) in [5.41, 5.74) is 2.93. The number of amides is 1. The maximum Gasteiger partial charge on any atom is 0.274 e. The van der Waals surface area contributed by atoms with Crippen molar-refractivity contribution >= 4 is 29.0 Å². The van der Waals surface area contributed by atoms with Gasteiger partial charge in [0.05, 0.1) is 23.2 Å². The molecule has 2 fully saturated rings. The van der Waals surface area contributed by atoms with Crippen LogP contribution < -0.4 is 10.6 Å². The zero-order valence-electron chi connectivity index (χ0n) is 14.4. The van der Waals surface area contributed by atoms with Crippen molar-refractivity contribution < 1.29 is 9.90 Å². The van der Waals surface area contributed by atoms with E-state index >= 15 is 0 Å². The summed E-state index contributed by atoms with van der Waals surface area (Å²) in [6.07, 6.45) is 9.17. The number of nitrogens with zero attached hydrogens (tertiary/aromatic N) is 3. The first-order valence-electron chi connectivity index (χ1n) is 8.94. The fourth-order valence-electron chi connectivity index (χ4n) is 3.37. The lowest BCUT2D eigenvalue weighted by molar-refractivity contribution is -0.115. The maximum absolute atomic E-state index is 12.2. The van der Waals surface area contributed by atoms with Gasteiger partial charge in [0, 0.05) is 12.4 Å². The Kier molecular flexibility index (Phi) is 4.62. The van der Waals surface area contributed by atoms with E-state index in [4.69, 9.17) is 0 Å². The fraction of sp³-hybridized carbons (Fsp3) is 0.368. The first-order valence-corrected chi connectivity index (χ1v) is 8.94. The number of carbonyl (C=O) groups excluding carboxylic acids is 1. The molecule has 1 aliphatic heterocycles. The number of aliphatic hydroxyl groups is 1. The molecule has 2 aliphatic rings. The average molecular weight is 351 g/mol. The van der Waals surface area contributed by atoms with Crippen LogP contribution in [0.2, 0.25) is 0 Å². The lowest BCUT2D eigenvalue weighted by atomic mass is 10.1. The number of hydrogen-bond donors (Lipinski definition) is 3. The van der Waals surface area contributed by atoms with Crippen molar-refractivity contribution in [3.05, 3.63) is 41.9 Å². The molecule has 1 aromatic carbocycles. The van der Waals surface area contributed by atoms with E-state index < -0.39 is 0 Å². The van der Waals surface area contributed by atoms with Gasteiger partial charge in [-0.15, -0.1) is 0 Å². The van der Waals surface area contributed by atoms with Crippen molar-refractivity contribution in [2.75, 3.05) is 0 Å². The summed E-state index contributed by atoms with van der Waals surface area (Å²) >= 11 is 0. The molecule has 7 nitrogen and oxygen atoms in total. The molecule has 26 heavy (non-hydrogen) atoms. The van der Waals surface area contributed by atoms with Gasteiger partial charge in [0.1, 0.15) is 5.70 Å². The molecule has 0 bridgehead atoms. The second kappa shape index (κ2) is 7.21. The number of aromatic nitrogens is 2.